The first kappa shape index (κ1) is 6.90. The van der Waals surface area contributed by atoms with Gasteiger partial charge in [-0.1, -0.05) is 0 Å². The van der Waals surface area contributed by atoms with Crippen LogP contribution in [0.15, 0.2) is 0 Å². The molecule has 2 atom stereocenters. The van der Waals surface area contributed by atoms with E-state index >= 15 is 0 Å². The molecule has 6 nitrogen and oxygen atoms in total. The minimum absolute atomic E-state index is 1.07. The molecule has 0 radical (unpaired) electrons. The Hall–Kier alpha value is -0.210. The second-order valence-electron chi connectivity index (χ2n) is 1.53. The predicted octanol–water partition coefficient (Wildman–Crippen LogP) is -2.15. The van der Waals surface area contributed by atoms with Gasteiger partial charge in [-0.15, -0.1) is 0 Å². The molecule has 2 unspecified atom stereocenters. The summed E-state index contributed by atoms with van der Waals surface area (Å²) in [6.45, 7) is 0. The molecule has 1 fully saturated rings. The smallest absolute Gasteiger partial charge is 0.301 e. The van der Waals surface area contributed by atoms with Gasteiger partial charge in [0.2, 0.25) is 0 Å². The molecule has 0 saturated carbocycles. The molecule has 9 heavy (non-hydrogen) atoms. The Labute approximate surface area is 52.0 Å². The number of nitrogens with two attached hydrogens (primary N) is 2. The van der Waals surface area contributed by atoms with E-state index in [2.05, 4.69) is 8.37 Å². The van der Waals surface area contributed by atoms with E-state index in [-0.39, 0.29) is 0 Å². The lowest BCUT2D eigenvalue weighted by Crippen LogP contribution is -2.37. The van der Waals surface area contributed by atoms with Crippen LogP contribution in [0.1, 0.15) is 0 Å². The fourth-order valence-corrected chi connectivity index (χ4v) is 1.21. The highest BCUT2D eigenvalue weighted by molar-refractivity contribution is 7.82. The lowest BCUT2D eigenvalue weighted by Gasteiger charge is -1.99. The third-order valence-corrected chi connectivity index (χ3v) is 1.70. The van der Waals surface area contributed by atoms with Crippen LogP contribution in [0, 0.1) is 0 Å². The quantitative estimate of drug-likeness (QED) is 0.412. The van der Waals surface area contributed by atoms with E-state index in [1.165, 1.54) is 0 Å². The summed E-state index contributed by atoms with van der Waals surface area (Å²) in [7, 11) is -3.89. The molecule has 1 aliphatic rings. The molecule has 1 saturated heterocycles. The summed E-state index contributed by atoms with van der Waals surface area (Å²) in [5.41, 5.74) is 10.0. The van der Waals surface area contributed by atoms with Gasteiger partial charge in [0.15, 0.2) is 12.5 Å². The van der Waals surface area contributed by atoms with Gasteiger partial charge < -0.3 is 11.5 Å². The first-order valence-electron chi connectivity index (χ1n) is 2.14. The molecule has 0 aliphatic carbocycles. The average molecular weight is 154 g/mol. The van der Waals surface area contributed by atoms with E-state index < -0.39 is 22.9 Å². The van der Waals surface area contributed by atoms with E-state index in [1.807, 2.05) is 0 Å². The summed E-state index contributed by atoms with van der Waals surface area (Å²) < 4.78 is 28.6. The maximum absolute atomic E-state index is 10.2. The first-order valence-corrected chi connectivity index (χ1v) is 3.47. The Morgan fingerprint density at radius 3 is 1.56 bits per heavy atom. The third-order valence-electron chi connectivity index (χ3n) is 0.782. The minimum Gasteiger partial charge on any atom is -0.301 e. The topological polar surface area (TPSA) is 105 Å². The highest BCUT2D eigenvalue weighted by Crippen LogP contribution is 2.11. The Morgan fingerprint density at radius 1 is 1.11 bits per heavy atom. The van der Waals surface area contributed by atoms with Gasteiger partial charge in [0.1, 0.15) is 0 Å². The van der Waals surface area contributed by atoms with E-state index in [0.717, 1.165) is 0 Å². The standard InChI is InChI=1S/C2H6N2O4S/c3-1-2(4)8-9(5,6)7-1/h1-2H,3-4H2. The van der Waals surface area contributed by atoms with Crippen LogP contribution >= 0.6 is 0 Å². The Balaban J connectivity index is 2.77. The molecule has 0 aromatic rings. The second kappa shape index (κ2) is 1.89. The summed E-state index contributed by atoms with van der Waals surface area (Å²) in [6.07, 6.45) is -2.15. The van der Waals surface area contributed by atoms with Gasteiger partial charge in [-0.05, 0) is 0 Å². The fraction of sp³-hybridized carbons (Fsp3) is 1.00. The van der Waals surface area contributed by atoms with Crippen LogP contribution in [0.4, 0.5) is 0 Å². The van der Waals surface area contributed by atoms with Gasteiger partial charge >= 0.3 is 10.4 Å². The summed E-state index contributed by atoms with van der Waals surface area (Å²) in [4.78, 5) is 0. The van der Waals surface area contributed by atoms with Crippen LogP contribution in [0.5, 0.6) is 0 Å². The summed E-state index contributed by atoms with van der Waals surface area (Å²) in [6, 6.07) is 0. The fourth-order valence-electron chi connectivity index (χ4n) is 0.404. The maximum Gasteiger partial charge on any atom is 0.403 e. The second-order valence-corrected chi connectivity index (χ2v) is 2.73. The van der Waals surface area contributed by atoms with E-state index in [0.29, 0.717) is 0 Å². The molecule has 0 spiro atoms. The van der Waals surface area contributed by atoms with Crippen molar-refractivity contribution in [2.45, 2.75) is 12.5 Å². The van der Waals surface area contributed by atoms with Crippen LogP contribution in [-0.2, 0) is 18.8 Å². The lowest BCUT2D eigenvalue weighted by molar-refractivity contribution is 0.167. The average Bonchev–Trinajstić information content (AvgIpc) is 1.79. The van der Waals surface area contributed by atoms with Crippen LogP contribution in [0.3, 0.4) is 0 Å². The van der Waals surface area contributed by atoms with Crippen molar-refractivity contribution >= 4 is 10.4 Å². The van der Waals surface area contributed by atoms with Crippen molar-refractivity contribution in [3.63, 3.8) is 0 Å². The maximum atomic E-state index is 10.2. The van der Waals surface area contributed by atoms with Crippen molar-refractivity contribution in [2.75, 3.05) is 0 Å². The van der Waals surface area contributed by atoms with Gasteiger partial charge in [0.05, 0.1) is 0 Å². The van der Waals surface area contributed by atoms with Crippen molar-refractivity contribution in [1.29, 1.82) is 0 Å². The van der Waals surface area contributed by atoms with Crippen LogP contribution in [0.2, 0.25) is 0 Å². The molecule has 4 N–H and O–H groups in total. The zero-order valence-electron chi connectivity index (χ0n) is 4.35. The normalized spacial score (nSPS) is 41.1. The van der Waals surface area contributed by atoms with Crippen LogP contribution in [0.25, 0.3) is 0 Å². The van der Waals surface area contributed by atoms with Gasteiger partial charge in [-0.3, -0.25) is 0 Å². The van der Waals surface area contributed by atoms with E-state index in [1.54, 1.807) is 0 Å². The Kier molecular flexibility index (Phi) is 1.45. The molecule has 0 bridgehead atoms. The van der Waals surface area contributed by atoms with Crippen LogP contribution in [-0.4, -0.2) is 20.9 Å². The largest absolute Gasteiger partial charge is 0.403 e. The molecule has 1 aliphatic heterocycles. The molecular weight excluding hydrogens is 148 g/mol. The van der Waals surface area contributed by atoms with Gasteiger partial charge in [0, 0.05) is 0 Å². The molecule has 1 heterocycles. The molecule has 54 valence electrons. The zero-order valence-corrected chi connectivity index (χ0v) is 5.17. The highest BCUT2D eigenvalue weighted by atomic mass is 32.3. The van der Waals surface area contributed by atoms with E-state index in [4.69, 9.17) is 11.5 Å². The molecule has 1 rings (SSSR count). The Bertz CT molecular complexity index is 183. The molecule has 0 amide bonds. The van der Waals surface area contributed by atoms with Crippen molar-refractivity contribution in [1.82, 2.24) is 0 Å². The van der Waals surface area contributed by atoms with Crippen molar-refractivity contribution < 1.29 is 16.8 Å². The molecule has 0 aromatic carbocycles. The van der Waals surface area contributed by atoms with Crippen molar-refractivity contribution in [3.8, 4) is 0 Å². The van der Waals surface area contributed by atoms with Crippen molar-refractivity contribution in [3.05, 3.63) is 0 Å². The minimum atomic E-state index is -3.89. The summed E-state index contributed by atoms with van der Waals surface area (Å²) in [5, 5.41) is 0. The summed E-state index contributed by atoms with van der Waals surface area (Å²) >= 11 is 0. The van der Waals surface area contributed by atoms with Crippen molar-refractivity contribution in [2.24, 2.45) is 11.5 Å². The van der Waals surface area contributed by atoms with E-state index in [9.17, 15) is 8.42 Å². The lowest BCUT2D eigenvalue weighted by atomic mass is 10.5. The molecular formula is C2H6N2O4S. The molecule has 0 aromatic heterocycles. The SMILES string of the molecule is NC1OS(=O)(=O)OC1N. The monoisotopic (exact) mass is 154 g/mol. The number of hydrogen-bond donors (Lipinski definition) is 2. The summed E-state index contributed by atoms with van der Waals surface area (Å²) in [5.74, 6) is 0. The third kappa shape index (κ3) is 1.37. The van der Waals surface area contributed by atoms with Gasteiger partial charge in [-0.25, -0.2) is 8.37 Å². The number of hydrogen-bond acceptors (Lipinski definition) is 6. The zero-order chi connectivity index (χ0) is 7.07. The molecule has 7 heteroatoms. The van der Waals surface area contributed by atoms with Crippen LogP contribution < -0.4 is 11.5 Å². The first-order chi connectivity index (χ1) is 4.01. The Morgan fingerprint density at radius 2 is 1.44 bits per heavy atom. The highest BCUT2D eigenvalue weighted by Gasteiger charge is 2.34. The van der Waals surface area contributed by atoms with Gasteiger partial charge in [0.25, 0.3) is 0 Å². The van der Waals surface area contributed by atoms with Gasteiger partial charge in [-0.2, -0.15) is 8.42 Å². The predicted molar refractivity (Wildman–Crippen MR) is 27.0 cm³/mol. The number of rotatable bonds is 0.